The van der Waals surface area contributed by atoms with E-state index in [4.69, 9.17) is 4.74 Å². The third-order valence-electron chi connectivity index (χ3n) is 6.69. The number of carbonyl (C=O) groups is 2. The Hall–Kier alpha value is -3.60. The molecule has 0 spiro atoms. The molecule has 2 fully saturated rings. The van der Waals surface area contributed by atoms with E-state index in [0.29, 0.717) is 17.9 Å². The highest BCUT2D eigenvalue weighted by Gasteiger charge is 2.35. The summed E-state index contributed by atoms with van der Waals surface area (Å²) in [4.78, 5) is 26.8. The van der Waals surface area contributed by atoms with E-state index in [1.165, 1.54) is 17.9 Å². The van der Waals surface area contributed by atoms with E-state index in [1.54, 1.807) is 12.1 Å². The maximum absolute atomic E-state index is 15.2. The van der Waals surface area contributed by atoms with Gasteiger partial charge in [-0.1, -0.05) is 30.3 Å². The highest BCUT2D eigenvalue weighted by Crippen LogP contribution is 2.38. The first-order valence-corrected chi connectivity index (χ1v) is 11.6. The number of benzene rings is 2. The van der Waals surface area contributed by atoms with Crippen molar-refractivity contribution in [3.05, 3.63) is 59.9 Å². The average Bonchev–Trinajstić information content (AvgIpc) is 3.20. The fourth-order valence-corrected chi connectivity index (χ4v) is 4.97. The Morgan fingerprint density at radius 2 is 2.06 bits per heavy atom. The standard InChI is InChI=1S/C26H29FN4O3/c1-17-12-20(23(14-28)19-6-4-3-5-7-19)10-11-30(17)25-9-8-21(13-24(25)27)31-16-22(34-26(31)33)15-29-18(2)32/h3-9,13,17,20,22-23H,10-12,15-16H2,1-2H3,(H,29,32). The summed E-state index contributed by atoms with van der Waals surface area (Å²) in [7, 11) is 0. The number of cyclic esters (lactones) is 1. The summed E-state index contributed by atoms with van der Waals surface area (Å²) >= 11 is 0. The summed E-state index contributed by atoms with van der Waals surface area (Å²) in [5, 5.41) is 12.4. The molecule has 2 saturated heterocycles. The van der Waals surface area contributed by atoms with Gasteiger partial charge in [0, 0.05) is 19.5 Å². The van der Waals surface area contributed by atoms with Gasteiger partial charge in [0.2, 0.25) is 5.91 Å². The molecular formula is C26H29FN4O3. The maximum Gasteiger partial charge on any atom is 0.414 e. The SMILES string of the molecule is CC(=O)NCC1CN(c2ccc(N3CCC(C(C#N)c4ccccc4)CC3C)c(F)c2)C(=O)O1. The molecule has 4 atom stereocenters. The van der Waals surface area contributed by atoms with Crippen molar-refractivity contribution in [3.63, 3.8) is 0 Å². The van der Waals surface area contributed by atoms with Crippen LogP contribution in [0.4, 0.5) is 20.6 Å². The van der Waals surface area contributed by atoms with Crippen molar-refractivity contribution >= 4 is 23.4 Å². The molecule has 1 N–H and O–H groups in total. The Morgan fingerprint density at radius 3 is 2.71 bits per heavy atom. The van der Waals surface area contributed by atoms with Gasteiger partial charge < -0.3 is 15.0 Å². The zero-order valence-electron chi connectivity index (χ0n) is 19.4. The lowest BCUT2D eigenvalue weighted by atomic mass is 9.78. The van der Waals surface area contributed by atoms with Crippen LogP contribution in [0.15, 0.2) is 48.5 Å². The van der Waals surface area contributed by atoms with E-state index in [2.05, 4.69) is 18.3 Å². The number of hydrogen-bond acceptors (Lipinski definition) is 5. The first-order chi connectivity index (χ1) is 16.4. The van der Waals surface area contributed by atoms with Gasteiger partial charge in [-0.25, -0.2) is 9.18 Å². The Labute approximate surface area is 199 Å². The number of halogens is 1. The largest absolute Gasteiger partial charge is 0.442 e. The highest BCUT2D eigenvalue weighted by atomic mass is 19.1. The van der Waals surface area contributed by atoms with E-state index in [9.17, 15) is 14.9 Å². The monoisotopic (exact) mass is 464 g/mol. The third-order valence-corrected chi connectivity index (χ3v) is 6.69. The summed E-state index contributed by atoms with van der Waals surface area (Å²) in [6.45, 7) is 4.57. The minimum absolute atomic E-state index is 0.0671. The van der Waals surface area contributed by atoms with Crippen LogP contribution < -0.4 is 15.1 Å². The van der Waals surface area contributed by atoms with Gasteiger partial charge in [-0.15, -0.1) is 0 Å². The summed E-state index contributed by atoms with van der Waals surface area (Å²) in [6.07, 6.45) is 0.551. The lowest BCUT2D eigenvalue weighted by molar-refractivity contribution is -0.119. The molecule has 8 heteroatoms. The number of piperidine rings is 1. The Balaban J connectivity index is 1.43. The van der Waals surface area contributed by atoms with E-state index in [1.807, 2.05) is 35.2 Å². The normalized spacial score (nSPS) is 23.2. The van der Waals surface area contributed by atoms with Gasteiger partial charge in [0.05, 0.1) is 36.5 Å². The van der Waals surface area contributed by atoms with Crippen LogP contribution in [0.1, 0.15) is 38.2 Å². The summed E-state index contributed by atoms with van der Waals surface area (Å²) in [5.74, 6) is -0.570. The maximum atomic E-state index is 15.2. The molecule has 7 nitrogen and oxygen atoms in total. The predicted octanol–water partition coefficient (Wildman–Crippen LogP) is 4.20. The van der Waals surface area contributed by atoms with E-state index in [-0.39, 0.29) is 36.9 Å². The van der Waals surface area contributed by atoms with Gasteiger partial charge in [-0.05, 0) is 49.4 Å². The number of nitrogens with one attached hydrogen (secondary N) is 1. The number of nitriles is 1. The highest BCUT2D eigenvalue weighted by molar-refractivity contribution is 5.90. The number of anilines is 2. The van der Waals surface area contributed by atoms with Gasteiger partial charge in [-0.3, -0.25) is 9.69 Å². The molecular weight excluding hydrogens is 435 g/mol. The molecule has 2 aromatic rings. The molecule has 178 valence electrons. The molecule has 2 aromatic carbocycles. The van der Waals surface area contributed by atoms with Crippen molar-refractivity contribution in [1.82, 2.24) is 5.32 Å². The first kappa shape index (κ1) is 23.6. The Morgan fingerprint density at radius 1 is 1.29 bits per heavy atom. The lowest BCUT2D eigenvalue weighted by Crippen LogP contribution is -2.42. The lowest BCUT2D eigenvalue weighted by Gasteiger charge is -2.41. The number of hydrogen-bond donors (Lipinski definition) is 1. The number of ether oxygens (including phenoxy) is 1. The van der Waals surface area contributed by atoms with Crippen LogP contribution in [0.25, 0.3) is 0 Å². The van der Waals surface area contributed by atoms with Crippen LogP contribution >= 0.6 is 0 Å². The fourth-order valence-electron chi connectivity index (χ4n) is 4.97. The summed E-state index contributed by atoms with van der Waals surface area (Å²) in [6, 6.07) is 17.2. The zero-order chi connectivity index (χ0) is 24.2. The molecule has 0 saturated carbocycles. The average molecular weight is 465 g/mol. The predicted molar refractivity (Wildman–Crippen MR) is 127 cm³/mol. The van der Waals surface area contributed by atoms with Crippen LogP contribution in [-0.2, 0) is 9.53 Å². The second-order valence-corrected chi connectivity index (χ2v) is 9.03. The number of nitrogens with zero attached hydrogens (tertiary/aromatic N) is 3. The molecule has 0 aliphatic carbocycles. The number of amides is 2. The molecule has 4 unspecified atom stereocenters. The first-order valence-electron chi connectivity index (χ1n) is 11.6. The molecule has 2 aliphatic rings. The molecule has 2 aliphatic heterocycles. The van der Waals surface area contributed by atoms with E-state index in [0.717, 1.165) is 18.4 Å². The van der Waals surface area contributed by atoms with Crippen molar-refractivity contribution < 1.29 is 18.7 Å². The minimum atomic E-state index is -0.555. The number of carbonyl (C=O) groups excluding carboxylic acids is 2. The topological polar surface area (TPSA) is 85.7 Å². The van der Waals surface area contributed by atoms with Crippen molar-refractivity contribution in [2.75, 3.05) is 29.4 Å². The van der Waals surface area contributed by atoms with Crippen LogP contribution in [-0.4, -0.2) is 43.8 Å². The fraction of sp³-hybridized carbons (Fsp3) is 0.423. The molecule has 0 radical (unpaired) electrons. The van der Waals surface area contributed by atoms with Crippen LogP contribution in [0.2, 0.25) is 0 Å². The van der Waals surface area contributed by atoms with Crippen LogP contribution in [0.3, 0.4) is 0 Å². The molecule has 4 rings (SSSR count). The smallest absolute Gasteiger partial charge is 0.414 e. The molecule has 2 heterocycles. The van der Waals surface area contributed by atoms with Crippen molar-refractivity contribution in [1.29, 1.82) is 5.26 Å². The second kappa shape index (κ2) is 10.1. The number of rotatable bonds is 6. The molecule has 0 bridgehead atoms. The van der Waals surface area contributed by atoms with E-state index >= 15 is 4.39 Å². The van der Waals surface area contributed by atoms with Gasteiger partial charge >= 0.3 is 6.09 Å². The van der Waals surface area contributed by atoms with Crippen molar-refractivity contribution in [2.45, 2.75) is 44.8 Å². The molecule has 2 amide bonds. The third kappa shape index (κ3) is 4.98. The summed E-state index contributed by atoms with van der Waals surface area (Å²) in [5.41, 5.74) is 1.94. The van der Waals surface area contributed by atoms with Crippen LogP contribution in [0.5, 0.6) is 0 Å². The minimum Gasteiger partial charge on any atom is -0.442 e. The molecule has 0 aromatic heterocycles. The van der Waals surface area contributed by atoms with E-state index < -0.39 is 18.0 Å². The van der Waals surface area contributed by atoms with Crippen LogP contribution in [0, 0.1) is 23.1 Å². The Kier molecular flexibility index (Phi) is 7.01. The molecule has 34 heavy (non-hydrogen) atoms. The quantitative estimate of drug-likeness (QED) is 0.693. The Bertz CT molecular complexity index is 1090. The van der Waals surface area contributed by atoms with Gasteiger partial charge in [0.1, 0.15) is 11.9 Å². The van der Waals surface area contributed by atoms with Gasteiger partial charge in [-0.2, -0.15) is 5.26 Å². The van der Waals surface area contributed by atoms with Gasteiger partial charge in [0.25, 0.3) is 0 Å². The zero-order valence-corrected chi connectivity index (χ0v) is 19.4. The second-order valence-electron chi connectivity index (χ2n) is 9.03. The van der Waals surface area contributed by atoms with Gasteiger partial charge in [0.15, 0.2) is 0 Å². The van der Waals surface area contributed by atoms with Crippen molar-refractivity contribution in [3.8, 4) is 6.07 Å². The summed E-state index contributed by atoms with van der Waals surface area (Å²) < 4.78 is 20.5. The van der Waals surface area contributed by atoms with Crippen molar-refractivity contribution in [2.24, 2.45) is 5.92 Å².